The third kappa shape index (κ3) is 3.06. The van der Waals surface area contributed by atoms with E-state index in [1.807, 2.05) is 27.7 Å². The van der Waals surface area contributed by atoms with Crippen molar-refractivity contribution in [3.63, 3.8) is 0 Å². The second-order valence-corrected chi connectivity index (χ2v) is 6.39. The molecule has 0 amide bonds. The van der Waals surface area contributed by atoms with E-state index in [4.69, 9.17) is 14.4 Å². The van der Waals surface area contributed by atoms with Crippen molar-refractivity contribution in [1.29, 1.82) is 0 Å². The van der Waals surface area contributed by atoms with E-state index in [2.05, 4.69) is 0 Å². The van der Waals surface area contributed by atoms with Gasteiger partial charge in [0.1, 0.15) is 5.75 Å². The number of para-hydroxylation sites is 1. The molecule has 0 spiro atoms. The Morgan fingerprint density at radius 3 is 2.19 bits per heavy atom. The van der Waals surface area contributed by atoms with Gasteiger partial charge in [0.05, 0.1) is 17.6 Å². The van der Waals surface area contributed by atoms with Gasteiger partial charge in [0, 0.05) is 5.82 Å². The van der Waals surface area contributed by atoms with E-state index in [9.17, 15) is 9.90 Å². The number of phenolic OH excluding ortho intramolecular Hbond substituents is 1. The molecule has 0 radical (unpaired) electrons. The van der Waals surface area contributed by atoms with E-state index in [-0.39, 0.29) is 12.2 Å². The lowest BCUT2D eigenvalue weighted by atomic mass is 9.66. The number of carboxylic acids is 1. The fourth-order valence-corrected chi connectivity index (χ4v) is 2.39. The van der Waals surface area contributed by atoms with Gasteiger partial charge in [-0.05, 0) is 39.3 Å². The van der Waals surface area contributed by atoms with Gasteiger partial charge in [-0.25, -0.2) is 0 Å². The molecule has 1 aromatic rings. The molecule has 1 unspecified atom stereocenters. The van der Waals surface area contributed by atoms with Crippen LogP contribution in [-0.4, -0.2) is 34.5 Å². The standard InChI is InChI=1S/C15H21BO5/c1-14(2)15(3,4)21-16(20-14)11(9-13(18)19)10-7-5-6-8-12(10)17/h5-8,11,17H,9H2,1-4H3,(H,18,19). The van der Waals surface area contributed by atoms with Crippen molar-refractivity contribution in [1.82, 2.24) is 0 Å². The van der Waals surface area contributed by atoms with E-state index < -0.39 is 30.1 Å². The summed E-state index contributed by atoms with van der Waals surface area (Å²) in [6.07, 6.45) is -0.172. The fourth-order valence-electron chi connectivity index (χ4n) is 2.39. The maximum Gasteiger partial charge on any atom is 0.466 e. The van der Waals surface area contributed by atoms with Crippen LogP contribution >= 0.6 is 0 Å². The largest absolute Gasteiger partial charge is 0.508 e. The molecule has 1 heterocycles. The zero-order valence-corrected chi connectivity index (χ0v) is 12.8. The van der Waals surface area contributed by atoms with Crippen LogP contribution < -0.4 is 0 Å². The molecule has 1 aromatic carbocycles. The summed E-state index contributed by atoms with van der Waals surface area (Å²) < 4.78 is 11.9. The number of aromatic hydroxyl groups is 1. The Bertz CT molecular complexity index is 525. The predicted molar refractivity (Wildman–Crippen MR) is 79.2 cm³/mol. The molecule has 1 saturated heterocycles. The Kier molecular flexibility index (Phi) is 4.04. The van der Waals surface area contributed by atoms with E-state index in [1.165, 1.54) is 6.07 Å². The molecule has 0 aliphatic carbocycles. The van der Waals surface area contributed by atoms with Crippen LogP contribution in [-0.2, 0) is 14.1 Å². The quantitative estimate of drug-likeness (QED) is 0.834. The van der Waals surface area contributed by atoms with Crippen LogP contribution in [0.4, 0.5) is 0 Å². The van der Waals surface area contributed by atoms with Crippen molar-refractivity contribution in [2.24, 2.45) is 0 Å². The third-order valence-electron chi connectivity index (χ3n) is 4.33. The minimum Gasteiger partial charge on any atom is -0.508 e. The van der Waals surface area contributed by atoms with Gasteiger partial charge in [0.15, 0.2) is 0 Å². The van der Waals surface area contributed by atoms with Crippen molar-refractivity contribution >= 4 is 13.1 Å². The number of rotatable bonds is 4. The summed E-state index contributed by atoms with van der Waals surface area (Å²) in [6, 6.07) is 6.69. The molecule has 0 aromatic heterocycles. The summed E-state index contributed by atoms with van der Waals surface area (Å²) in [6.45, 7) is 7.65. The first-order valence-corrected chi connectivity index (χ1v) is 6.99. The monoisotopic (exact) mass is 292 g/mol. The smallest absolute Gasteiger partial charge is 0.466 e. The number of carbonyl (C=O) groups is 1. The van der Waals surface area contributed by atoms with Crippen molar-refractivity contribution < 1.29 is 24.3 Å². The van der Waals surface area contributed by atoms with Crippen molar-refractivity contribution in [3.05, 3.63) is 29.8 Å². The topological polar surface area (TPSA) is 76.0 Å². The Labute approximate surface area is 125 Å². The zero-order valence-electron chi connectivity index (χ0n) is 12.8. The normalized spacial score (nSPS) is 21.2. The maximum absolute atomic E-state index is 11.2. The second kappa shape index (κ2) is 5.35. The molecule has 1 aliphatic rings. The molecule has 21 heavy (non-hydrogen) atoms. The van der Waals surface area contributed by atoms with Crippen LogP contribution in [0.25, 0.3) is 0 Å². The summed E-state index contributed by atoms with van der Waals surface area (Å²) in [5, 5.41) is 19.2. The first-order chi connectivity index (χ1) is 9.64. The molecule has 6 heteroatoms. The van der Waals surface area contributed by atoms with Gasteiger partial charge in [-0.3, -0.25) is 4.79 Å². The predicted octanol–water partition coefficient (Wildman–Crippen LogP) is 2.58. The van der Waals surface area contributed by atoms with Gasteiger partial charge in [-0.1, -0.05) is 18.2 Å². The lowest BCUT2D eigenvalue weighted by Crippen LogP contribution is -2.41. The van der Waals surface area contributed by atoms with Gasteiger partial charge in [-0.15, -0.1) is 0 Å². The molecule has 1 atom stereocenters. The van der Waals surface area contributed by atoms with Crippen molar-refractivity contribution in [2.45, 2.75) is 51.1 Å². The molecule has 5 nitrogen and oxygen atoms in total. The molecule has 2 N–H and O–H groups in total. The second-order valence-electron chi connectivity index (χ2n) is 6.39. The average Bonchev–Trinajstić information content (AvgIpc) is 2.56. The summed E-state index contributed by atoms with van der Waals surface area (Å²) in [4.78, 5) is 11.2. The number of aliphatic carboxylic acids is 1. The number of carboxylic acid groups (broad SMARTS) is 1. The molecule has 114 valence electrons. The highest BCUT2D eigenvalue weighted by Crippen LogP contribution is 2.43. The van der Waals surface area contributed by atoms with E-state index in [1.54, 1.807) is 18.2 Å². The Morgan fingerprint density at radius 1 is 1.19 bits per heavy atom. The van der Waals surface area contributed by atoms with Crippen LogP contribution in [0.15, 0.2) is 24.3 Å². The van der Waals surface area contributed by atoms with Crippen molar-refractivity contribution in [2.75, 3.05) is 0 Å². The lowest BCUT2D eigenvalue weighted by Gasteiger charge is -2.32. The van der Waals surface area contributed by atoms with Crippen molar-refractivity contribution in [3.8, 4) is 5.75 Å². The molecule has 2 rings (SSSR count). The molecule has 0 saturated carbocycles. The number of hydrogen-bond acceptors (Lipinski definition) is 4. The summed E-state index contributed by atoms with van der Waals surface area (Å²) >= 11 is 0. The first-order valence-electron chi connectivity index (χ1n) is 6.99. The van der Waals surface area contributed by atoms with Crippen LogP contribution in [0.2, 0.25) is 0 Å². The highest BCUT2D eigenvalue weighted by atomic mass is 16.7. The molecular formula is C15H21BO5. The SMILES string of the molecule is CC1(C)OB(C(CC(=O)O)c2ccccc2O)OC1(C)C. The van der Waals surface area contributed by atoms with Crippen LogP contribution in [0.5, 0.6) is 5.75 Å². The molecule has 0 bridgehead atoms. The van der Waals surface area contributed by atoms with Crippen LogP contribution in [0.3, 0.4) is 0 Å². The highest BCUT2D eigenvalue weighted by Gasteiger charge is 2.54. The maximum atomic E-state index is 11.2. The molecule has 1 aliphatic heterocycles. The minimum absolute atomic E-state index is 0.0541. The summed E-state index contributed by atoms with van der Waals surface area (Å²) in [5.41, 5.74) is -0.559. The zero-order chi connectivity index (χ0) is 15.8. The lowest BCUT2D eigenvalue weighted by molar-refractivity contribution is -0.137. The van der Waals surface area contributed by atoms with E-state index in [0.29, 0.717) is 5.56 Å². The van der Waals surface area contributed by atoms with Crippen LogP contribution in [0, 0.1) is 0 Å². The van der Waals surface area contributed by atoms with Crippen LogP contribution in [0.1, 0.15) is 45.5 Å². The first kappa shape index (κ1) is 15.9. The number of benzene rings is 1. The van der Waals surface area contributed by atoms with Gasteiger partial charge in [0.2, 0.25) is 0 Å². The Balaban J connectivity index is 2.35. The fraction of sp³-hybridized carbons (Fsp3) is 0.533. The highest BCUT2D eigenvalue weighted by molar-refractivity contribution is 6.48. The molecular weight excluding hydrogens is 271 g/mol. The van der Waals surface area contributed by atoms with Gasteiger partial charge in [-0.2, -0.15) is 0 Å². The Morgan fingerprint density at radius 2 is 1.71 bits per heavy atom. The third-order valence-corrected chi connectivity index (χ3v) is 4.33. The molecule has 1 fully saturated rings. The van der Waals surface area contributed by atoms with Gasteiger partial charge >= 0.3 is 13.1 Å². The van der Waals surface area contributed by atoms with Gasteiger partial charge in [0.25, 0.3) is 0 Å². The number of hydrogen-bond donors (Lipinski definition) is 2. The average molecular weight is 292 g/mol. The number of phenols is 1. The minimum atomic E-state index is -0.960. The summed E-state index contributed by atoms with van der Waals surface area (Å²) in [5.74, 6) is -1.47. The van der Waals surface area contributed by atoms with E-state index >= 15 is 0 Å². The van der Waals surface area contributed by atoms with Gasteiger partial charge < -0.3 is 19.5 Å². The summed E-state index contributed by atoms with van der Waals surface area (Å²) in [7, 11) is -0.709. The Hall–Kier alpha value is -1.53. The van der Waals surface area contributed by atoms with E-state index in [0.717, 1.165) is 0 Å².